The van der Waals surface area contributed by atoms with E-state index in [0.29, 0.717) is 13.1 Å². The van der Waals surface area contributed by atoms with Crippen molar-refractivity contribution in [2.24, 2.45) is 0 Å². The summed E-state index contributed by atoms with van der Waals surface area (Å²) in [6, 6.07) is 10.2. The number of aromatic nitrogens is 1. The third-order valence-electron chi connectivity index (χ3n) is 3.94. The Kier molecular flexibility index (Phi) is 7.72. The predicted octanol–water partition coefficient (Wildman–Crippen LogP) is 2.71. The second-order valence-corrected chi connectivity index (χ2v) is 8.79. The van der Waals surface area contributed by atoms with Crippen LogP contribution in [0, 0.1) is 0 Å². The molecule has 9 heteroatoms. The fourth-order valence-corrected chi connectivity index (χ4v) is 4.61. The van der Waals surface area contributed by atoms with Crippen molar-refractivity contribution in [1.82, 2.24) is 15.0 Å². The lowest BCUT2D eigenvalue weighted by atomic mass is 10.2. The van der Waals surface area contributed by atoms with Gasteiger partial charge in [0.2, 0.25) is 10.0 Å². The van der Waals surface area contributed by atoms with Gasteiger partial charge in [0.1, 0.15) is 6.10 Å². The van der Waals surface area contributed by atoms with Gasteiger partial charge in [-0.05, 0) is 42.0 Å². The molecular weight excluding hydrogens is 406 g/mol. The molecule has 27 heavy (non-hydrogen) atoms. The molecule has 0 spiro atoms. The van der Waals surface area contributed by atoms with Gasteiger partial charge in [0, 0.05) is 41.8 Å². The van der Waals surface area contributed by atoms with Crippen LogP contribution in [-0.4, -0.2) is 37.6 Å². The number of benzene rings is 1. The third kappa shape index (κ3) is 5.71. The maximum atomic E-state index is 12.6. The van der Waals surface area contributed by atoms with Crippen molar-refractivity contribution < 1.29 is 13.5 Å². The summed E-state index contributed by atoms with van der Waals surface area (Å²) < 4.78 is 27.8. The lowest BCUT2D eigenvalue weighted by Crippen LogP contribution is -2.40. The smallest absolute Gasteiger partial charge is 0.240 e. The number of aliphatic hydroxyl groups excluding tert-OH is 1. The molecule has 3 rings (SSSR count). The van der Waals surface area contributed by atoms with Crippen LogP contribution in [0.1, 0.15) is 17.9 Å². The van der Waals surface area contributed by atoms with Crippen LogP contribution in [-0.2, 0) is 10.0 Å². The van der Waals surface area contributed by atoms with Crippen molar-refractivity contribution in [3.63, 3.8) is 0 Å². The number of fused-ring (bicyclic) bond motifs is 1. The minimum atomic E-state index is -3.62. The topological polar surface area (TPSA) is 91.3 Å². The molecule has 3 aromatic rings. The van der Waals surface area contributed by atoms with Gasteiger partial charge in [-0.25, -0.2) is 13.1 Å². The fraction of sp³-hybridized carbons (Fsp3) is 0.278. The Morgan fingerprint density at radius 1 is 1.19 bits per heavy atom. The highest BCUT2D eigenvalue weighted by Crippen LogP contribution is 2.19. The molecular formula is C18H22ClN3O3S2. The number of halogens is 1. The zero-order valence-electron chi connectivity index (χ0n) is 14.7. The van der Waals surface area contributed by atoms with E-state index in [-0.39, 0.29) is 23.3 Å². The number of sulfonamides is 1. The molecule has 0 fully saturated rings. The highest BCUT2D eigenvalue weighted by Gasteiger charge is 2.18. The summed E-state index contributed by atoms with van der Waals surface area (Å²) >= 11 is 1.49. The van der Waals surface area contributed by atoms with Crippen LogP contribution >= 0.6 is 23.7 Å². The third-order valence-corrected chi connectivity index (χ3v) is 6.50. The van der Waals surface area contributed by atoms with Crippen LogP contribution in [0.4, 0.5) is 0 Å². The van der Waals surface area contributed by atoms with Gasteiger partial charge in [0.15, 0.2) is 0 Å². The van der Waals surface area contributed by atoms with Crippen LogP contribution in [0.2, 0.25) is 0 Å². The molecule has 2 atom stereocenters. The molecule has 146 valence electrons. The Bertz CT molecular complexity index is 965. The molecule has 0 amide bonds. The minimum Gasteiger partial charge on any atom is -0.386 e. The number of hydrogen-bond donors (Lipinski definition) is 3. The molecule has 3 N–H and O–H groups in total. The van der Waals surface area contributed by atoms with E-state index in [1.165, 1.54) is 11.3 Å². The molecule has 0 bridgehead atoms. The Balaban J connectivity index is 0.00000261. The normalized spacial score (nSPS) is 13.9. The first-order chi connectivity index (χ1) is 12.5. The summed E-state index contributed by atoms with van der Waals surface area (Å²) in [5.74, 6) is 0. The van der Waals surface area contributed by atoms with E-state index in [2.05, 4.69) is 15.0 Å². The predicted molar refractivity (Wildman–Crippen MR) is 111 cm³/mol. The number of thiophene rings is 1. The Labute approximate surface area is 169 Å². The summed E-state index contributed by atoms with van der Waals surface area (Å²) in [7, 11) is -3.62. The standard InChI is InChI=1S/C18H21N3O3S2.ClH/c1-13(10-20-12-17(22)18-3-2-8-25-18)21-26(23,24)16-5-4-15-11-19-7-6-14(15)9-16;/h2-9,11,13,17,20-22H,10,12H2,1H3;1H/t13-,17?;/m1./s1. The SMILES string of the molecule is C[C@H](CNCC(O)c1cccs1)NS(=O)(=O)c1ccc2cnccc2c1.Cl. The first-order valence-electron chi connectivity index (χ1n) is 8.24. The van der Waals surface area contributed by atoms with Gasteiger partial charge in [-0.1, -0.05) is 12.1 Å². The first-order valence-corrected chi connectivity index (χ1v) is 10.6. The largest absolute Gasteiger partial charge is 0.386 e. The quantitative estimate of drug-likeness (QED) is 0.514. The van der Waals surface area contributed by atoms with Crippen molar-refractivity contribution in [1.29, 1.82) is 0 Å². The van der Waals surface area contributed by atoms with E-state index in [1.54, 1.807) is 43.6 Å². The van der Waals surface area contributed by atoms with Crippen LogP contribution in [0.5, 0.6) is 0 Å². The van der Waals surface area contributed by atoms with Crippen molar-refractivity contribution >= 4 is 44.5 Å². The second-order valence-electron chi connectivity index (χ2n) is 6.10. The van der Waals surface area contributed by atoms with Gasteiger partial charge >= 0.3 is 0 Å². The van der Waals surface area contributed by atoms with Gasteiger partial charge in [-0.15, -0.1) is 23.7 Å². The lowest BCUT2D eigenvalue weighted by molar-refractivity contribution is 0.178. The van der Waals surface area contributed by atoms with Gasteiger partial charge in [-0.2, -0.15) is 0 Å². The van der Waals surface area contributed by atoms with E-state index in [9.17, 15) is 13.5 Å². The van der Waals surface area contributed by atoms with Crippen LogP contribution in [0.15, 0.2) is 59.1 Å². The molecule has 1 unspecified atom stereocenters. The number of nitrogens with zero attached hydrogens (tertiary/aromatic N) is 1. The molecule has 2 aromatic heterocycles. The fourth-order valence-electron chi connectivity index (χ4n) is 2.62. The molecule has 2 heterocycles. The van der Waals surface area contributed by atoms with Crippen molar-refractivity contribution in [3.8, 4) is 0 Å². The number of hydrogen-bond acceptors (Lipinski definition) is 6. The van der Waals surface area contributed by atoms with Gasteiger partial charge in [0.05, 0.1) is 4.90 Å². The van der Waals surface area contributed by atoms with E-state index in [0.717, 1.165) is 15.6 Å². The average Bonchev–Trinajstić information content (AvgIpc) is 3.15. The maximum Gasteiger partial charge on any atom is 0.240 e. The molecule has 6 nitrogen and oxygen atoms in total. The number of nitrogens with one attached hydrogen (secondary N) is 2. The summed E-state index contributed by atoms with van der Waals surface area (Å²) in [5.41, 5.74) is 0. The van der Waals surface area contributed by atoms with Crippen molar-refractivity contribution in [2.45, 2.75) is 24.0 Å². The number of aliphatic hydroxyl groups is 1. The summed E-state index contributed by atoms with van der Waals surface area (Å²) in [5, 5.41) is 16.8. The highest BCUT2D eigenvalue weighted by molar-refractivity contribution is 7.89. The van der Waals surface area contributed by atoms with Crippen molar-refractivity contribution in [3.05, 3.63) is 59.0 Å². The van der Waals surface area contributed by atoms with Gasteiger partial charge < -0.3 is 10.4 Å². The second kappa shape index (κ2) is 9.59. The van der Waals surface area contributed by atoms with Crippen LogP contribution in [0.25, 0.3) is 10.8 Å². The van der Waals surface area contributed by atoms with E-state index in [1.807, 2.05) is 17.5 Å². The molecule has 1 aromatic carbocycles. The maximum absolute atomic E-state index is 12.6. The average molecular weight is 428 g/mol. The van der Waals surface area contributed by atoms with Crippen molar-refractivity contribution in [2.75, 3.05) is 13.1 Å². The summed E-state index contributed by atoms with van der Waals surface area (Å²) in [4.78, 5) is 5.14. The number of pyridine rings is 1. The lowest BCUT2D eigenvalue weighted by Gasteiger charge is -2.17. The van der Waals surface area contributed by atoms with Crippen LogP contribution in [0.3, 0.4) is 0 Å². The zero-order valence-corrected chi connectivity index (χ0v) is 17.2. The summed E-state index contributed by atoms with van der Waals surface area (Å²) in [6.45, 7) is 2.57. The van der Waals surface area contributed by atoms with E-state index in [4.69, 9.17) is 0 Å². The Morgan fingerprint density at radius 3 is 2.74 bits per heavy atom. The van der Waals surface area contributed by atoms with Gasteiger partial charge in [-0.3, -0.25) is 4.98 Å². The molecule has 0 saturated carbocycles. The Hall–Kier alpha value is -1.55. The summed E-state index contributed by atoms with van der Waals surface area (Å²) in [6.07, 6.45) is 2.75. The molecule has 0 aliphatic rings. The minimum absolute atomic E-state index is 0. The monoisotopic (exact) mass is 427 g/mol. The Morgan fingerprint density at radius 2 is 2.00 bits per heavy atom. The van der Waals surface area contributed by atoms with E-state index < -0.39 is 16.1 Å². The molecule has 0 radical (unpaired) electrons. The van der Waals surface area contributed by atoms with Gasteiger partial charge in [0.25, 0.3) is 0 Å². The number of rotatable bonds is 8. The molecule has 0 aliphatic carbocycles. The van der Waals surface area contributed by atoms with E-state index >= 15 is 0 Å². The zero-order chi connectivity index (χ0) is 18.6. The van der Waals surface area contributed by atoms with Crippen LogP contribution < -0.4 is 10.0 Å². The highest BCUT2D eigenvalue weighted by atomic mass is 35.5. The molecule has 0 aliphatic heterocycles. The molecule has 0 saturated heterocycles. The first kappa shape index (κ1) is 21.7.